The first-order valence-electron chi connectivity index (χ1n) is 8.45. The number of aromatic nitrogens is 4. The van der Waals surface area contributed by atoms with Crippen molar-refractivity contribution in [3.63, 3.8) is 0 Å². The number of aryl methyl sites for hydroxylation is 2. The molecule has 1 atom stereocenters. The molecule has 0 aliphatic heterocycles. The second-order valence-corrected chi connectivity index (χ2v) is 6.72. The van der Waals surface area contributed by atoms with E-state index in [-0.39, 0.29) is 6.04 Å². The Bertz CT molecular complexity index is 898. The van der Waals surface area contributed by atoms with Crippen LogP contribution in [0.3, 0.4) is 0 Å². The van der Waals surface area contributed by atoms with Crippen LogP contribution in [0.2, 0.25) is 0 Å². The van der Waals surface area contributed by atoms with Crippen molar-refractivity contribution in [2.24, 2.45) is 11.7 Å². The number of nitrogens with one attached hydrogen (secondary N) is 1. The molecule has 1 aromatic carbocycles. The molecule has 0 amide bonds. The molecule has 0 radical (unpaired) electrons. The molecular formula is C18H25N7. The van der Waals surface area contributed by atoms with Crippen LogP contribution < -0.4 is 16.8 Å². The molecule has 7 heteroatoms. The zero-order chi connectivity index (χ0) is 18.1. The zero-order valence-corrected chi connectivity index (χ0v) is 15.1. The summed E-state index contributed by atoms with van der Waals surface area (Å²) in [4.78, 5) is 13.2. The predicted molar refractivity (Wildman–Crippen MR) is 102 cm³/mol. The van der Waals surface area contributed by atoms with Crippen molar-refractivity contribution in [2.45, 2.75) is 33.7 Å². The topological polar surface area (TPSA) is 108 Å². The van der Waals surface area contributed by atoms with E-state index in [1.807, 2.05) is 16.7 Å². The van der Waals surface area contributed by atoms with Gasteiger partial charge in [0.2, 0.25) is 5.95 Å². The van der Waals surface area contributed by atoms with Crippen LogP contribution in [-0.4, -0.2) is 32.1 Å². The van der Waals surface area contributed by atoms with Gasteiger partial charge in [-0.25, -0.2) is 15.0 Å². The number of imidazole rings is 1. The van der Waals surface area contributed by atoms with Gasteiger partial charge in [0.1, 0.15) is 18.0 Å². The molecule has 0 saturated carbocycles. The molecule has 25 heavy (non-hydrogen) atoms. The number of nitrogen functional groups attached to an aromatic ring is 1. The van der Waals surface area contributed by atoms with Crippen molar-refractivity contribution < 1.29 is 0 Å². The molecule has 7 nitrogen and oxygen atoms in total. The highest BCUT2D eigenvalue weighted by molar-refractivity contribution is 5.82. The average Bonchev–Trinajstić information content (AvgIpc) is 2.88. The molecule has 0 bridgehead atoms. The third kappa shape index (κ3) is 3.28. The number of fused-ring (bicyclic) bond motifs is 1. The van der Waals surface area contributed by atoms with E-state index in [9.17, 15) is 0 Å². The summed E-state index contributed by atoms with van der Waals surface area (Å²) in [5.74, 6) is 2.21. The minimum Gasteiger partial charge on any atom is -0.369 e. The number of nitrogens with zero attached hydrogens (tertiary/aromatic N) is 4. The second-order valence-electron chi connectivity index (χ2n) is 6.72. The first-order chi connectivity index (χ1) is 11.9. The Hall–Kier alpha value is -2.67. The van der Waals surface area contributed by atoms with Crippen LogP contribution >= 0.6 is 0 Å². The molecule has 0 spiro atoms. The van der Waals surface area contributed by atoms with E-state index in [1.54, 1.807) is 0 Å². The number of anilines is 2. The molecule has 3 aromatic rings. The Labute approximate surface area is 147 Å². The van der Waals surface area contributed by atoms with Crippen LogP contribution in [0.25, 0.3) is 16.9 Å². The average molecular weight is 339 g/mol. The standard InChI is InChI=1S/C18H25N7/c1-10(2)14(8-19)23-16-7-17(22-9-21-16)25-15-6-12(4)11(3)5-13(15)24-18(25)20/h5-7,9-10,14H,8,19H2,1-4H3,(H2,20,24)(H,21,22,23)/t14-/m1/s1. The van der Waals surface area contributed by atoms with Crippen molar-refractivity contribution in [1.82, 2.24) is 19.5 Å². The minimum atomic E-state index is 0.143. The molecule has 0 saturated heterocycles. The fourth-order valence-corrected chi connectivity index (χ4v) is 2.83. The molecule has 0 fully saturated rings. The van der Waals surface area contributed by atoms with E-state index in [0.29, 0.717) is 24.2 Å². The number of hydrogen-bond acceptors (Lipinski definition) is 6. The van der Waals surface area contributed by atoms with E-state index in [4.69, 9.17) is 11.5 Å². The highest BCUT2D eigenvalue weighted by Gasteiger charge is 2.15. The van der Waals surface area contributed by atoms with E-state index in [1.165, 1.54) is 17.5 Å². The van der Waals surface area contributed by atoms with Gasteiger partial charge in [-0.15, -0.1) is 0 Å². The van der Waals surface area contributed by atoms with Crippen LogP contribution in [0.15, 0.2) is 24.5 Å². The number of rotatable bonds is 5. The van der Waals surface area contributed by atoms with E-state index in [2.05, 4.69) is 54.0 Å². The van der Waals surface area contributed by atoms with Crippen LogP contribution in [-0.2, 0) is 0 Å². The van der Waals surface area contributed by atoms with Gasteiger partial charge >= 0.3 is 0 Å². The molecule has 3 rings (SSSR count). The van der Waals surface area contributed by atoms with Gasteiger partial charge in [0.25, 0.3) is 0 Å². The maximum Gasteiger partial charge on any atom is 0.207 e. The second kappa shape index (κ2) is 6.68. The van der Waals surface area contributed by atoms with E-state index < -0.39 is 0 Å². The predicted octanol–water partition coefficient (Wildman–Crippen LogP) is 2.41. The maximum atomic E-state index is 6.16. The summed E-state index contributed by atoms with van der Waals surface area (Å²) in [7, 11) is 0. The Morgan fingerprint density at radius 3 is 2.52 bits per heavy atom. The Morgan fingerprint density at radius 1 is 1.12 bits per heavy atom. The minimum absolute atomic E-state index is 0.143. The monoisotopic (exact) mass is 339 g/mol. The highest BCUT2D eigenvalue weighted by atomic mass is 15.2. The molecular weight excluding hydrogens is 314 g/mol. The number of nitrogens with two attached hydrogens (primary N) is 2. The van der Waals surface area contributed by atoms with Crippen LogP contribution in [0.4, 0.5) is 11.8 Å². The van der Waals surface area contributed by atoms with Gasteiger partial charge in [-0.1, -0.05) is 13.8 Å². The molecule has 0 aliphatic rings. The highest BCUT2D eigenvalue weighted by Crippen LogP contribution is 2.25. The fourth-order valence-electron chi connectivity index (χ4n) is 2.83. The molecule has 132 valence electrons. The first kappa shape index (κ1) is 17.2. The van der Waals surface area contributed by atoms with Crippen LogP contribution in [0.1, 0.15) is 25.0 Å². The summed E-state index contributed by atoms with van der Waals surface area (Å²) in [6.45, 7) is 8.92. The van der Waals surface area contributed by atoms with Gasteiger partial charge < -0.3 is 16.8 Å². The Morgan fingerprint density at radius 2 is 1.84 bits per heavy atom. The van der Waals surface area contributed by atoms with E-state index in [0.717, 1.165) is 16.9 Å². The van der Waals surface area contributed by atoms with Gasteiger partial charge in [0.15, 0.2) is 0 Å². The van der Waals surface area contributed by atoms with Gasteiger partial charge in [-0.05, 0) is 43.0 Å². The van der Waals surface area contributed by atoms with Gasteiger partial charge in [0, 0.05) is 18.7 Å². The fraction of sp³-hybridized carbons (Fsp3) is 0.389. The van der Waals surface area contributed by atoms with E-state index >= 15 is 0 Å². The van der Waals surface area contributed by atoms with Gasteiger partial charge in [-0.3, -0.25) is 4.57 Å². The summed E-state index contributed by atoms with van der Waals surface area (Å²) in [6, 6.07) is 6.14. The lowest BCUT2D eigenvalue weighted by atomic mass is 10.1. The summed E-state index contributed by atoms with van der Waals surface area (Å²) in [6.07, 6.45) is 1.53. The summed E-state index contributed by atoms with van der Waals surface area (Å²) in [5, 5.41) is 3.37. The maximum absolute atomic E-state index is 6.16. The lowest BCUT2D eigenvalue weighted by molar-refractivity contribution is 0.530. The van der Waals surface area contributed by atoms with Gasteiger partial charge in [0.05, 0.1) is 11.0 Å². The molecule has 5 N–H and O–H groups in total. The first-order valence-corrected chi connectivity index (χ1v) is 8.45. The zero-order valence-electron chi connectivity index (χ0n) is 15.1. The molecule has 0 unspecified atom stereocenters. The summed E-state index contributed by atoms with van der Waals surface area (Å²) >= 11 is 0. The lowest BCUT2D eigenvalue weighted by Gasteiger charge is -2.21. The third-order valence-corrected chi connectivity index (χ3v) is 4.57. The van der Waals surface area contributed by atoms with Crippen molar-refractivity contribution in [2.75, 3.05) is 17.6 Å². The molecule has 2 heterocycles. The SMILES string of the molecule is Cc1cc2nc(N)n(-c3cc(N[C@H](CN)C(C)C)ncn3)c2cc1C. The van der Waals surface area contributed by atoms with Crippen LogP contribution in [0, 0.1) is 19.8 Å². The van der Waals surface area contributed by atoms with Gasteiger partial charge in [-0.2, -0.15) is 0 Å². The van der Waals surface area contributed by atoms with Crippen molar-refractivity contribution in [3.8, 4) is 5.82 Å². The molecule has 2 aromatic heterocycles. The number of benzene rings is 1. The lowest BCUT2D eigenvalue weighted by Crippen LogP contribution is -2.34. The number of hydrogen-bond donors (Lipinski definition) is 3. The third-order valence-electron chi connectivity index (χ3n) is 4.57. The van der Waals surface area contributed by atoms with Crippen LogP contribution in [0.5, 0.6) is 0 Å². The summed E-state index contributed by atoms with van der Waals surface area (Å²) < 4.78 is 1.85. The van der Waals surface area contributed by atoms with Crippen molar-refractivity contribution in [3.05, 3.63) is 35.7 Å². The quantitative estimate of drug-likeness (QED) is 0.659. The summed E-state index contributed by atoms with van der Waals surface area (Å²) in [5.41, 5.74) is 16.2. The Kier molecular flexibility index (Phi) is 4.59. The normalized spacial score (nSPS) is 12.7. The smallest absolute Gasteiger partial charge is 0.207 e. The molecule has 0 aliphatic carbocycles. The largest absolute Gasteiger partial charge is 0.369 e. The van der Waals surface area contributed by atoms with Crippen molar-refractivity contribution in [1.29, 1.82) is 0 Å². The Balaban J connectivity index is 2.05. The van der Waals surface area contributed by atoms with Crippen molar-refractivity contribution >= 4 is 22.8 Å².